The van der Waals surface area contributed by atoms with Crippen LogP contribution in [0.5, 0.6) is 0 Å². The molecule has 8 atom stereocenters. The molecule has 1 amide bonds. The van der Waals surface area contributed by atoms with E-state index in [1.54, 1.807) is 12.2 Å². The van der Waals surface area contributed by atoms with Gasteiger partial charge in [0.1, 0.15) is 24.4 Å². The molecule has 0 bridgehead atoms. The number of ether oxygens (including phenoxy) is 3. The molecule has 0 aromatic carbocycles. The summed E-state index contributed by atoms with van der Waals surface area (Å²) >= 11 is 0. The number of carbonyl (C=O) groups is 2. The summed E-state index contributed by atoms with van der Waals surface area (Å²) < 4.78 is 17.6. The first kappa shape index (κ1) is 70.1. The van der Waals surface area contributed by atoms with Gasteiger partial charge in [0.15, 0.2) is 12.4 Å². The summed E-state index contributed by atoms with van der Waals surface area (Å²) in [5, 5.41) is 56.7. The van der Waals surface area contributed by atoms with Gasteiger partial charge < -0.3 is 45.1 Å². The average molecular weight is 1060 g/mol. The molecule has 11 nitrogen and oxygen atoms in total. The van der Waals surface area contributed by atoms with E-state index in [9.17, 15) is 35.1 Å². The molecule has 0 spiro atoms. The zero-order valence-corrected chi connectivity index (χ0v) is 47.9. The normalized spacial score (nSPS) is 19.7. The van der Waals surface area contributed by atoms with Gasteiger partial charge in [0.05, 0.1) is 25.4 Å². The molecule has 1 aliphatic heterocycles. The van der Waals surface area contributed by atoms with Crippen LogP contribution in [0.2, 0.25) is 0 Å². The number of nitrogens with one attached hydrogen (secondary N) is 1. The quantitative estimate of drug-likeness (QED) is 0.0195. The van der Waals surface area contributed by atoms with E-state index in [1.807, 2.05) is 12.2 Å². The maximum Gasteiger partial charge on any atom is 0.306 e. The van der Waals surface area contributed by atoms with Crippen molar-refractivity contribution in [3.05, 3.63) is 72.9 Å². The molecule has 11 heteroatoms. The van der Waals surface area contributed by atoms with Crippen molar-refractivity contribution in [3.63, 3.8) is 0 Å². The van der Waals surface area contributed by atoms with Crippen LogP contribution in [0.25, 0.3) is 0 Å². The largest absolute Gasteiger partial charge is 0.454 e. The van der Waals surface area contributed by atoms with Crippen LogP contribution in [-0.2, 0) is 23.8 Å². The molecular weight excluding hydrogens is 943 g/mol. The van der Waals surface area contributed by atoms with Crippen molar-refractivity contribution in [2.24, 2.45) is 0 Å². The van der Waals surface area contributed by atoms with Crippen LogP contribution < -0.4 is 5.32 Å². The Morgan fingerprint density at radius 2 is 0.920 bits per heavy atom. The Morgan fingerprint density at radius 1 is 0.520 bits per heavy atom. The van der Waals surface area contributed by atoms with E-state index in [4.69, 9.17) is 14.2 Å². The molecule has 1 saturated heterocycles. The molecule has 1 heterocycles. The van der Waals surface area contributed by atoms with Crippen LogP contribution in [0.3, 0.4) is 0 Å². The topological polar surface area (TPSA) is 175 Å². The predicted molar refractivity (Wildman–Crippen MR) is 310 cm³/mol. The first-order valence-electron chi connectivity index (χ1n) is 30.7. The number of aliphatic hydroxyl groups is 5. The second-order valence-corrected chi connectivity index (χ2v) is 21.1. The van der Waals surface area contributed by atoms with Crippen LogP contribution >= 0.6 is 0 Å². The van der Waals surface area contributed by atoms with Crippen LogP contribution in [0.1, 0.15) is 258 Å². The monoisotopic (exact) mass is 1060 g/mol. The minimum atomic E-state index is -1.63. The standard InChI is InChI=1S/C64H113NO10/c1-4-7-10-13-16-19-22-24-25-26-27-28-29-30-31-32-33-34-37-40-43-46-49-52-59(69)75-62-61(71)60(70)58(53-66)74-64(62)73-54-55(56(67)50-47-44-41-38-35-21-18-15-12-9-6-3)65-63(72)57(68)51-48-45-42-39-36-23-20-17-14-11-8-5-2/h16,19,24-25,27-28,36,39,45,47-48,50,55-58,60-62,64,66-68,70-71H,4-15,17-18,20-23,26,29-35,37-38,40-44,46,49,51-54H2,1-3H3,(H,65,72)/b19-16-,25-24-,28-27-,39-36-,48-45+,50-47+. The van der Waals surface area contributed by atoms with Gasteiger partial charge in [0.25, 0.3) is 0 Å². The lowest BCUT2D eigenvalue weighted by molar-refractivity contribution is -0.305. The molecule has 6 N–H and O–H groups in total. The lowest BCUT2D eigenvalue weighted by Gasteiger charge is -2.41. The number of carbonyl (C=O) groups excluding carboxylic acids is 2. The Hall–Kier alpha value is -2.90. The molecule has 0 aromatic heterocycles. The van der Waals surface area contributed by atoms with E-state index in [2.05, 4.69) is 74.7 Å². The lowest BCUT2D eigenvalue weighted by Crippen LogP contribution is -2.61. The number of rotatable bonds is 51. The van der Waals surface area contributed by atoms with Gasteiger partial charge in [0, 0.05) is 12.8 Å². The van der Waals surface area contributed by atoms with E-state index < -0.39 is 67.4 Å². The van der Waals surface area contributed by atoms with E-state index >= 15 is 0 Å². The van der Waals surface area contributed by atoms with Gasteiger partial charge in [-0.15, -0.1) is 0 Å². The Kier molecular flexibility index (Phi) is 48.5. The first-order chi connectivity index (χ1) is 36.7. The summed E-state index contributed by atoms with van der Waals surface area (Å²) in [6, 6.07) is -1.06. The van der Waals surface area contributed by atoms with Gasteiger partial charge in [-0.05, 0) is 77.0 Å². The highest BCUT2D eigenvalue weighted by molar-refractivity contribution is 5.81. The summed E-state index contributed by atoms with van der Waals surface area (Å²) in [4.78, 5) is 26.4. The fourth-order valence-electron chi connectivity index (χ4n) is 9.17. The number of amides is 1. The zero-order valence-electron chi connectivity index (χ0n) is 47.9. The van der Waals surface area contributed by atoms with Gasteiger partial charge >= 0.3 is 5.97 Å². The van der Waals surface area contributed by atoms with Crippen molar-refractivity contribution in [3.8, 4) is 0 Å². The second-order valence-electron chi connectivity index (χ2n) is 21.1. The van der Waals surface area contributed by atoms with Crippen molar-refractivity contribution in [1.29, 1.82) is 0 Å². The summed E-state index contributed by atoms with van der Waals surface area (Å²) in [5.74, 6) is -1.27. The number of esters is 1. The van der Waals surface area contributed by atoms with Gasteiger partial charge in [-0.1, -0.05) is 241 Å². The number of hydrogen-bond donors (Lipinski definition) is 6. The third-order valence-electron chi connectivity index (χ3n) is 14.1. The van der Waals surface area contributed by atoms with E-state index in [0.29, 0.717) is 12.8 Å². The first-order valence-corrected chi connectivity index (χ1v) is 30.7. The van der Waals surface area contributed by atoms with E-state index in [-0.39, 0.29) is 19.4 Å². The number of allylic oxidation sites excluding steroid dienone is 10. The molecule has 1 fully saturated rings. The molecule has 8 unspecified atom stereocenters. The molecule has 1 rings (SSSR count). The van der Waals surface area contributed by atoms with Crippen LogP contribution in [0.4, 0.5) is 0 Å². The molecule has 434 valence electrons. The summed E-state index contributed by atoms with van der Waals surface area (Å²) in [5.41, 5.74) is 0. The summed E-state index contributed by atoms with van der Waals surface area (Å²) in [6.07, 6.45) is 55.4. The lowest BCUT2D eigenvalue weighted by atomic mass is 9.99. The number of hydrogen-bond acceptors (Lipinski definition) is 10. The van der Waals surface area contributed by atoms with Crippen LogP contribution in [0.15, 0.2) is 72.9 Å². The van der Waals surface area contributed by atoms with Crippen molar-refractivity contribution >= 4 is 11.9 Å². The Labute approximate surface area is 458 Å². The Morgan fingerprint density at radius 3 is 1.40 bits per heavy atom. The molecule has 0 radical (unpaired) electrons. The predicted octanol–water partition coefficient (Wildman–Crippen LogP) is 14.4. The van der Waals surface area contributed by atoms with Crippen molar-refractivity contribution in [2.45, 2.75) is 307 Å². The molecule has 0 saturated carbocycles. The van der Waals surface area contributed by atoms with Crippen molar-refractivity contribution < 1.29 is 49.3 Å². The van der Waals surface area contributed by atoms with Gasteiger partial charge in [-0.25, -0.2) is 0 Å². The molecule has 0 aromatic rings. The van der Waals surface area contributed by atoms with Crippen molar-refractivity contribution in [2.75, 3.05) is 13.2 Å². The smallest absolute Gasteiger partial charge is 0.306 e. The highest BCUT2D eigenvalue weighted by Crippen LogP contribution is 2.26. The highest BCUT2D eigenvalue weighted by Gasteiger charge is 2.47. The van der Waals surface area contributed by atoms with Gasteiger partial charge in [-0.3, -0.25) is 9.59 Å². The minimum Gasteiger partial charge on any atom is -0.454 e. The SMILES string of the molecule is CCCCC/C=C\C/C=C\C/C=C\CCCCCCCCCCCCC(=O)OC1C(OCC(NC(=O)C(O)C/C=C/C/C=C\CCCCCCCC)C(O)/C=C/CCCCCCCCCCC)OC(CO)C(O)C1O. The van der Waals surface area contributed by atoms with E-state index in [1.165, 1.54) is 135 Å². The maximum atomic E-state index is 13.3. The minimum absolute atomic E-state index is 0.0801. The summed E-state index contributed by atoms with van der Waals surface area (Å²) in [6.45, 7) is 5.70. The molecule has 75 heavy (non-hydrogen) atoms. The highest BCUT2D eigenvalue weighted by atomic mass is 16.7. The third kappa shape index (κ3) is 40.0. The molecule has 0 aliphatic carbocycles. The number of aliphatic hydroxyl groups excluding tert-OH is 5. The average Bonchev–Trinajstić information content (AvgIpc) is 3.41. The van der Waals surface area contributed by atoms with Crippen LogP contribution in [-0.4, -0.2) is 99.6 Å². The fraction of sp³-hybridized carbons (Fsp3) is 0.781. The van der Waals surface area contributed by atoms with Crippen molar-refractivity contribution in [1.82, 2.24) is 5.32 Å². The Balaban J connectivity index is 2.64. The molecular formula is C64H113NO10. The molecule has 1 aliphatic rings. The number of unbranched alkanes of at least 4 members (excludes halogenated alkanes) is 28. The maximum absolute atomic E-state index is 13.3. The zero-order chi connectivity index (χ0) is 54.7. The fourth-order valence-corrected chi connectivity index (χ4v) is 9.17. The van der Waals surface area contributed by atoms with Gasteiger partial charge in [0.2, 0.25) is 5.91 Å². The van der Waals surface area contributed by atoms with Gasteiger partial charge in [-0.2, -0.15) is 0 Å². The van der Waals surface area contributed by atoms with Crippen LogP contribution in [0, 0.1) is 0 Å². The van der Waals surface area contributed by atoms with E-state index in [0.717, 1.165) is 77.0 Å². The summed E-state index contributed by atoms with van der Waals surface area (Å²) in [7, 11) is 0. The second kappa shape index (κ2) is 51.8. The third-order valence-corrected chi connectivity index (χ3v) is 14.1. The Bertz CT molecular complexity index is 1490.